The summed E-state index contributed by atoms with van der Waals surface area (Å²) in [4.78, 5) is 27.1. The number of amides is 2. The molecule has 0 saturated carbocycles. The Bertz CT molecular complexity index is 1210. The molecule has 1 aliphatic heterocycles. The van der Waals surface area contributed by atoms with Crippen LogP contribution in [0.4, 0.5) is 14.5 Å². The summed E-state index contributed by atoms with van der Waals surface area (Å²) in [6, 6.07) is 15.4. The van der Waals surface area contributed by atoms with Gasteiger partial charge in [0.1, 0.15) is 23.1 Å². The molecule has 0 fully saturated rings. The van der Waals surface area contributed by atoms with Gasteiger partial charge in [0.2, 0.25) is 0 Å². The monoisotopic (exact) mass is 466 g/mol. The van der Waals surface area contributed by atoms with Gasteiger partial charge in [-0.2, -0.15) is 0 Å². The Morgan fingerprint density at radius 3 is 2.59 bits per heavy atom. The van der Waals surface area contributed by atoms with Gasteiger partial charge in [0, 0.05) is 30.4 Å². The molecule has 0 aromatic heterocycles. The summed E-state index contributed by atoms with van der Waals surface area (Å²) < 4.78 is 38.1. The van der Waals surface area contributed by atoms with Gasteiger partial charge >= 0.3 is 0 Å². The fourth-order valence-electron chi connectivity index (χ4n) is 3.79. The standard InChI is InChI=1S/C26H24F2N2O4/c1-16-26(32)30(12-11-17-3-7-21(33-2)8-4-17)15-18-13-20(6-10-24(18)34-16)29-25(31)22-9-5-19(27)14-23(22)28/h3-10,13-14,16H,11-12,15H2,1-2H3,(H,29,31)/t16-/m0/s1. The molecule has 3 aromatic carbocycles. The fourth-order valence-corrected chi connectivity index (χ4v) is 3.79. The number of nitrogens with one attached hydrogen (secondary N) is 1. The van der Waals surface area contributed by atoms with Crippen LogP contribution in [0.15, 0.2) is 60.7 Å². The van der Waals surface area contributed by atoms with Crippen LogP contribution >= 0.6 is 0 Å². The van der Waals surface area contributed by atoms with Crippen LogP contribution in [0.1, 0.15) is 28.4 Å². The van der Waals surface area contributed by atoms with E-state index >= 15 is 0 Å². The lowest BCUT2D eigenvalue weighted by Crippen LogP contribution is -2.39. The molecule has 1 N–H and O–H groups in total. The van der Waals surface area contributed by atoms with E-state index in [9.17, 15) is 18.4 Å². The lowest BCUT2D eigenvalue weighted by molar-refractivity contribution is -0.137. The molecule has 4 rings (SSSR count). The highest BCUT2D eigenvalue weighted by atomic mass is 19.1. The van der Waals surface area contributed by atoms with E-state index < -0.39 is 23.6 Å². The molecule has 0 saturated heterocycles. The number of carbonyl (C=O) groups is 2. The number of methoxy groups -OCH3 is 1. The number of hydrogen-bond donors (Lipinski definition) is 1. The predicted octanol–water partition coefficient (Wildman–Crippen LogP) is 4.58. The molecule has 0 bridgehead atoms. The Labute approximate surface area is 196 Å². The van der Waals surface area contributed by atoms with Gasteiger partial charge < -0.3 is 19.7 Å². The Morgan fingerprint density at radius 2 is 1.88 bits per heavy atom. The minimum atomic E-state index is -0.945. The fraction of sp³-hybridized carbons (Fsp3) is 0.231. The SMILES string of the molecule is COc1ccc(CCN2Cc3cc(NC(=O)c4ccc(F)cc4F)ccc3O[C@@H](C)C2=O)cc1. The third kappa shape index (κ3) is 5.17. The van der Waals surface area contributed by atoms with Gasteiger partial charge in [0.25, 0.3) is 11.8 Å². The normalized spacial score (nSPS) is 15.2. The second-order valence-electron chi connectivity index (χ2n) is 8.02. The maximum atomic E-state index is 14.0. The highest BCUT2D eigenvalue weighted by Crippen LogP contribution is 2.29. The van der Waals surface area contributed by atoms with Crippen LogP contribution in [0.3, 0.4) is 0 Å². The summed E-state index contributed by atoms with van der Waals surface area (Å²) >= 11 is 0. The van der Waals surface area contributed by atoms with Crippen molar-refractivity contribution in [2.24, 2.45) is 0 Å². The van der Waals surface area contributed by atoms with E-state index in [1.54, 1.807) is 37.1 Å². The summed E-state index contributed by atoms with van der Waals surface area (Å²) in [5, 5.41) is 2.62. The van der Waals surface area contributed by atoms with Gasteiger partial charge in [-0.25, -0.2) is 8.78 Å². The number of hydrogen-bond acceptors (Lipinski definition) is 4. The molecule has 6 nitrogen and oxygen atoms in total. The zero-order valence-corrected chi connectivity index (χ0v) is 18.8. The summed E-state index contributed by atoms with van der Waals surface area (Å²) in [5.74, 6) is -1.24. The number of rotatable bonds is 6. The van der Waals surface area contributed by atoms with Crippen molar-refractivity contribution in [1.29, 1.82) is 0 Å². The Balaban J connectivity index is 1.50. The van der Waals surface area contributed by atoms with E-state index in [1.807, 2.05) is 24.3 Å². The van der Waals surface area contributed by atoms with Crippen LogP contribution in [0.5, 0.6) is 11.5 Å². The number of nitrogens with zero attached hydrogens (tertiary/aromatic N) is 1. The van der Waals surface area contributed by atoms with Crippen molar-refractivity contribution in [2.45, 2.75) is 26.0 Å². The number of halogens is 2. The van der Waals surface area contributed by atoms with Crippen molar-refractivity contribution in [3.63, 3.8) is 0 Å². The molecular weight excluding hydrogens is 442 g/mol. The van der Waals surface area contributed by atoms with Gasteiger partial charge in [-0.15, -0.1) is 0 Å². The molecule has 8 heteroatoms. The molecule has 0 aliphatic carbocycles. The molecule has 3 aromatic rings. The second kappa shape index (κ2) is 9.91. The average Bonchev–Trinajstić information content (AvgIpc) is 2.93. The quantitative estimate of drug-likeness (QED) is 0.578. The van der Waals surface area contributed by atoms with E-state index in [2.05, 4.69) is 5.32 Å². The largest absolute Gasteiger partial charge is 0.497 e. The van der Waals surface area contributed by atoms with Crippen molar-refractivity contribution < 1.29 is 27.8 Å². The minimum absolute atomic E-state index is 0.135. The molecule has 1 heterocycles. The maximum Gasteiger partial charge on any atom is 0.263 e. The zero-order valence-electron chi connectivity index (χ0n) is 18.8. The summed E-state index contributed by atoms with van der Waals surface area (Å²) in [6.45, 7) is 2.48. The Morgan fingerprint density at radius 1 is 1.12 bits per heavy atom. The average molecular weight is 466 g/mol. The van der Waals surface area contributed by atoms with E-state index in [4.69, 9.17) is 9.47 Å². The molecule has 1 atom stereocenters. The molecule has 34 heavy (non-hydrogen) atoms. The number of carbonyl (C=O) groups excluding carboxylic acids is 2. The van der Waals surface area contributed by atoms with E-state index in [0.29, 0.717) is 42.6 Å². The number of anilines is 1. The highest BCUT2D eigenvalue weighted by Gasteiger charge is 2.28. The predicted molar refractivity (Wildman–Crippen MR) is 123 cm³/mol. The van der Waals surface area contributed by atoms with Crippen LogP contribution in [0, 0.1) is 11.6 Å². The lowest BCUT2D eigenvalue weighted by Gasteiger charge is -2.22. The molecular formula is C26H24F2N2O4. The van der Waals surface area contributed by atoms with Gasteiger partial charge in [-0.05, 0) is 61.4 Å². The van der Waals surface area contributed by atoms with Crippen LogP contribution in [0.25, 0.3) is 0 Å². The molecule has 2 amide bonds. The first-order chi connectivity index (χ1) is 16.3. The van der Waals surface area contributed by atoms with Crippen LogP contribution < -0.4 is 14.8 Å². The number of benzene rings is 3. The van der Waals surface area contributed by atoms with Crippen molar-refractivity contribution >= 4 is 17.5 Å². The number of fused-ring (bicyclic) bond motifs is 1. The van der Waals surface area contributed by atoms with Crippen molar-refractivity contribution in [3.8, 4) is 11.5 Å². The Kier molecular flexibility index (Phi) is 6.77. The summed E-state index contributed by atoms with van der Waals surface area (Å²) in [6.07, 6.45) is -0.0104. The van der Waals surface area contributed by atoms with Gasteiger partial charge in [0.05, 0.1) is 12.7 Å². The van der Waals surface area contributed by atoms with E-state index in [1.165, 1.54) is 0 Å². The third-order valence-corrected chi connectivity index (χ3v) is 5.65. The van der Waals surface area contributed by atoms with Crippen LogP contribution in [-0.4, -0.2) is 36.5 Å². The van der Waals surface area contributed by atoms with Gasteiger partial charge in [-0.3, -0.25) is 9.59 Å². The van der Waals surface area contributed by atoms with E-state index in [-0.39, 0.29) is 11.5 Å². The molecule has 0 unspecified atom stereocenters. The Hall–Kier alpha value is -3.94. The maximum absolute atomic E-state index is 14.0. The van der Waals surface area contributed by atoms with Gasteiger partial charge in [-0.1, -0.05) is 12.1 Å². The second-order valence-corrected chi connectivity index (χ2v) is 8.02. The molecule has 1 aliphatic rings. The summed E-state index contributed by atoms with van der Waals surface area (Å²) in [7, 11) is 1.61. The smallest absolute Gasteiger partial charge is 0.263 e. The first-order valence-corrected chi connectivity index (χ1v) is 10.8. The first kappa shape index (κ1) is 23.2. The first-order valence-electron chi connectivity index (χ1n) is 10.8. The summed E-state index contributed by atoms with van der Waals surface area (Å²) in [5.41, 5.74) is 1.92. The zero-order chi connectivity index (χ0) is 24.2. The van der Waals surface area contributed by atoms with Crippen molar-refractivity contribution in [1.82, 2.24) is 4.90 Å². The molecule has 176 valence electrons. The van der Waals surface area contributed by atoms with E-state index in [0.717, 1.165) is 23.4 Å². The topological polar surface area (TPSA) is 67.9 Å². The number of ether oxygens (including phenoxy) is 2. The van der Waals surface area contributed by atoms with Crippen LogP contribution in [-0.2, 0) is 17.8 Å². The highest BCUT2D eigenvalue weighted by molar-refractivity contribution is 6.04. The van der Waals surface area contributed by atoms with Crippen molar-refractivity contribution in [3.05, 3.63) is 89.0 Å². The molecule has 0 spiro atoms. The van der Waals surface area contributed by atoms with Crippen molar-refractivity contribution in [2.75, 3.05) is 19.0 Å². The lowest BCUT2D eigenvalue weighted by atomic mass is 10.1. The van der Waals surface area contributed by atoms with Crippen LogP contribution in [0.2, 0.25) is 0 Å². The minimum Gasteiger partial charge on any atom is -0.497 e. The third-order valence-electron chi connectivity index (χ3n) is 5.65. The molecule has 0 radical (unpaired) electrons. The van der Waals surface area contributed by atoms with Gasteiger partial charge in [0.15, 0.2) is 6.10 Å².